The number of rotatable bonds is 31. The average molecular weight is 907 g/mol. The number of fused-ring (bicyclic) bond motifs is 1. The molecule has 2 aliphatic heterocycles. The molecular weight excluding hydrogens is 849 g/mol. The normalized spacial score (nSPS) is 14.5. The number of ether oxygens (including phenoxy) is 9. The van der Waals surface area contributed by atoms with Crippen LogP contribution in [0.25, 0.3) is 0 Å². The van der Waals surface area contributed by atoms with Gasteiger partial charge in [0.1, 0.15) is 17.5 Å². The zero-order valence-corrected chi connectivity index (χ0v) is 36.9. The number of carbonyl (C=O) groups is 6. The number of piperidine rings is 1. The number of amides is 6. The Morgan fingerprint density at radius 1 is 0.631 bits per heavy atom. The van der Waals surface area contributed by atoms with Crippen molar-refractivity contribution >= 4 is 35.4 Å². The molecule has 65 heavy (non-hydrogen) atoms. The number of nitrogens with one attached hydrogen (secondary N) is 3. The van der Waals surface area contributed by atoms with Crippen LogP contribution in [-0.4, -0.2) is 153 Å². The van der Waals surface area contributed by atoms with Crippen LogP contribution < -0.4 is 34.9 Å². The summed E-state index contributed by atoms with van der Waals surface area (Å²) in [6, 6.07) is 17.0. The fourth-order valence-electron chi connectivity index (χ4n) is 6.83. The summed E-state index contributed by atoms with van der Waals surface area (Å²) in [7, 11) is 3.25. The van der Waals surface area contributed by atoms with Crippen molar-refractivity contribution in [2.24, 2.45) is 0 Å². The van der Waals surface area contributed by atoms with E-state index in [1.165, 1.54) is 23.8 Å². The van der Waals surface area contributed by atoms with E-state index in [2.05, 4.69) is 16.0 Å². The lowest BCUT2D eigenvalue weighted by molar-refractivity contribution is -0.136. The molecule has 0 aliphatic carbocycles. The Labute approximate surface area is 377 Å². The fraction of sp³-hybridized carbons (Fsp3) is 0.478. The van der Waals surface area contributed by atoms with Gasteiger partial charge >= 0.3 is 0 Å². The van der Waals surface area contributed by atoms with Gasteiger partial charge < -0.3 is 53.3 Å². The summed E-state index contributed by atoms with van der Waals surface area (Å²) in [4.78, 5) is 75.4. The van der Waals surface area contributed by atoms with Crippen molar-refractivity contribution in [1.29, 1.82) is 0 Å². The highest BCUT2D eigenvalue weighted by atomic mass is 16.6. The molecule has 1 atom stereocenters. The Morgan fingerprint density at radius 3 is 1.80 bits per heavy atom. The molecule has 2 heterocycles. The van der Waals surface area contributed by atoms with E-state index in [0.29, 0.717) is 77.5 Å². The van der Waals surface area contributed by atoms with Crippen molar-refractivity contribution in [2.45, 2.75) is 38.1 Å². The van der Waals surface area contributed by atoms with E-state index in [1.54, 1.807) is 14.2 Å². The molecule has 1 saturated heterocycles. The lowest BCUT2D eigenvalue weighted by Gasteiger charge is -2.27. The number of hydrogen-bond acceptors (Lipinski definition) is 15. The van der Waals surface area contributed by atoms with E-state index in [1.807, 2.05) is 42.5 Å². The summed E-state index contributed by atoms with van der Waals surface area (Å²) in [5, 5.41) is 7.58. The van der Waals surface area contributed by atoms with Crippen LogP contribution >= 0.6 is 0 Å². The van der Waals surface area contributed by atoms with Gasteiger partial charge in [0.25, 0.3) is 23.6 Å². The van der Waals surface area contributed by atoms with Crippen LogP contribution in [0.2, 0.25) is 0 Å². The smallest absolute Gasteiger partial charge is 0.266 e. The van der Waals surface area contributed by atoms with Crippen LogP contribution in [0.15, 0.2) is 60.7 Å². The molecule has 19 heteroatoms. The zero-order chi connectivity index (χ0) is 46.2. The number of nitrogens with zero attached hydrogens (tertiary/aromatic N) is 1. The molecule has 0 spiro atoms. The molecule has 0 aromatic heterocycles. The number of methoxy groups -OCH3 is 2. The van der Waals surface area contributed by atoms with Crippen molar-refractivity contribution in [1.82, 2.24) is 20.9 Å². The van der Waals surface area contributed by atoms with E-state index in [4.69, 9.17) is 42.6 Å². The predicted molar refractivity (Wildman–Crippen MR) is 232 cm³/mol. The van der Waals surface area contributed by atoms with Gasteiger partial charge in [-0.05, 0) is 73.2 Å². The van der Waals surface area contributed by atoms with Gasteiger partial charge in [-0.2, -0.15) is 0 Å². The van der Waals surface area contributed by atoms with Gasteiger partial charge in [-0.25, -0.2) is 0 Å². The van der Waals surface area contributed by atoms with Crippen molar-refractivity contribution in [3.63, 3.8) is 0 Å². The van der Waals surface area contributed by atoms with E-state index in [-0.39, 0.29) is 55.4 Å². The molecule has 3 N–H and O–H groups in total. The van der Waals surface area contributed by atoms with Crippen LogP contribution in [0.1, 0.15) is 51.1 Å². The maximum absolute atomic E-state index is 13.2. The number of imide groups is 2. The molecule has 2 aliphatic rings. The van der Waals surface area contributed by atoms with Gasteiger partial charge in [-0.1, -0.05) is 24.3 Å². The van der Waals surface area contributed by atoms with Crippen LogP contribution in [0.5, 0.6) is 23.0 Å². The highest BCUT2D eigenvalue weighted by Gasteiger charge is 2.46. The molecule has 5 rings (SSSR count). The second-order valence-corrected chi connectivity index (χ2v) is 14.7. The molecule has 0 saturated carbocycles. The quantitative estimate of drug-likeness (QED) is 0.0621. The molecule has 0 radical (unpaired) electrons. The minimum atomic E-state index is -1.11. The number of carbonyl (C=O) groups excluding carboxylic acids is 6. The maximum Gasteiger partial charge on any atom is 0.266 e. The second-order valence-electron chi connectivity index (χ2n) is 14.7. The van der Waals surface area contributed by atoms with Gasteiger partial charge in [0.15, 0.2) is 24.7 Å². The monoisotopic (exact) mass is 906 g/mol. The van der Waals surface area contributed by atoms with Gasteiger partial charge in [0, 0.05) is 19.5 Å². The Morgan fingerprint density at radius 2 is 1.20 bits per heavy atom. The Bertz CT molecular complexity index is 2060. The molecule has 0 bridgehead atoms. The van der Waals surface area contributed by atoms with Crippen LogP contribution in [0.3, 0.4) is 0 Å². The molecule has 6 amide bonds. The highest BCUT2D eigenvalue weighted by molar-refractivity contribution is 6.24. The molecule has 1 fully saturated rings. The molecule has 3 aromatic rings. The first kappa shape index (κ1) is 49.9. The number of benzene rings is 3. The Balaban J connectivity index is 0.778. The van der Waals surface area contributed by atoms with E-state index >= 15 is 0 Å². The molecule has 352 valence electrons. The fourth-order valence-corrected chi connectivity index (χ4v) is 6.83. The van der Waals surface area contributed by atoms with Crippen LogP contribution in [0, 0.1) is 0 Å². The topological polar surface area (TPSA) is 225 Å². The zero-order valence-electron chi connectivity index (χ0n) is 36.9. The lowest BCUT2D eigenvalue weighted by Crippen LogP contribution is -2.54. The standard InChI is InChI=1S/C46H58N4O15/c1-57-37-14-12-33(29-39(37)58-2)7-3-6-32-8-4-9-34(28-32)64-30-41(52)47-16-18-59-20-22-61-24-26-63-27-25-62-23-21-60-19-17-48-42(53)31-65-38-11-5-10-35-43(38)46(56)50(45(35)55)36-13-15-40(51)49-44(36)54/h4-5,8-12,14,28-29,36H,3,6-7,13,15-27,30-31H2,1-2H3,(H,47,52)(H,48,53)(H,49,51,54). The van der Waals surface area contributed by atoms with Crippen molar-refractivity contribution in [2.75, 3.05) is 107 Å². The lowest BCUT2D eigenvalue weighted by atomic mass is 10.0. The van der Waals surface area contributed by atoms with Gasteiger partial charge in [0.2, 0.25) is 11.8 Å². The number of hydrogen-bond donors (Lipinski definition) is 3. The maximum atomic E-state index is 13.2. The van der Waals surface area contributed by atoms with Crippen molar-refractivity contribution < 1.29 is 71.4 Å². The molecular formula is C46H58N4O15. The minimum absolute atomic E-state index is 0.00512. The Kier molecular flexibility index (Phi) is 20.9. The molecule has 19 nitrogen and oxygen atoms in total. The third-order valence-electron chi connectivity index (χ3n) is 10.1. The van der Waals surface area contributed by atoms with E-state index < -0.39 is 42.2 Å². The van der Waals surface area contributed by atoms with Crippen molar-refractivity contribution in [3.8, 4) is 23.0 Å². The van der Waals surface area contributed by atoms with Crippen LogP contribution in [-0.2, 0) is 55.7 Å². The summed E-state index contributed by atoms with van der Waals surface area (Å²) in [5.74, 6) is -1.16. The molecule has 1 unspecified atom stereocenters. The summed E-state index contributed by atoms with van der Waals surface area (Å²) in [5.41, 5.74) is 2.32. The van der Waals surface area contributed by atoms with E-state index in [9.17, 15) is 28.8 Å². The highest BCUT2D eigenvalue weighted by Crippen LogP contribution is 2.34. The predicted octanol–water partition coefficient (Wildman–Crippen LogP) is 2.05. The minimum Gasteiger partial charge on any atom is -0.493 e. The second kappa shape index (κ2) is 27.3. The average Bonchev–Trinajstić information content (AvgIpc) is 3.56. The van der Waals surface area contributed by atoms with Gasteiger partial charge in [0.05, 0.1) is 91.4 Å². The molecule has 3 aromatic carbocycles. The first-order valence-corrected chi connectivity index (χ1v) is 21.5. The third kappa shape index (κ3) is 16.1. The largest absolute Gasteiger partial charge is 0.493 e. The summed E-state index contributed by atoms with van der Waals surface area (Å²) >= 11 is 0. The van der Waals surface area contributed by atoms with Gasteiger partial charge in [-0.3, -0.25) is 39.0 Å². The first-order valence-electron chi connectivity index (χ1n) is 21.5. The van der Waals surface area contributed by atoms with Crippen molar-refractivity contribution in [3.05, 3.63) is 82.9 Å². The SMILES string of the molecule is COc1ccc(CCCc2cccc(OCC(=O)NCCOCCOCCOCCOCCOCCNC(=O)COc3cccc4c3C(=O)N(C3CCC(=O)NC3=O)C4=O)c2)cc1OC. The van der Waals surface area contributed by atoms with E-state index in [0.717, 1.165) is 35.5 Å². The van der Waals surface area contributed by atoms with Crippen LogP contribution in [0.4, 0.5) is 0 Å². The van der Waals surface area contributed by atoms with Gasteiger partial charge in [-0.15, -0.1) is 0 Å². The Hall–Kier alpha value is -6.12. The summed E-state index contributed by atoms with van der Waals surface area (Å²) in [6.07, 6.45) is 2.74. The first-order chi connectivity index (χ1) is 31.7. The third-order valence-corrected chi connectivity index (χ3v) is 10.1. The summed E-state index contributed by atoms with van der Waals surface area (Å²) in [6.45, 7) is 3.56. The summed E-state index contributed by atoms with van der Waals surface area (Å²) < 4.78 is 49.4. The number of aryl methyl sites for hydroxylation is 2.